The number of halogens is 1. The van der Waals surface area contributed by atoms with E-state index in [1.165, 1.54) is 24.0 Å². The minimum Gasteiger partial charge on any atom is -0.325 e. The van der Waals surface area contributed by atoms with Gasteiger partial charge in [0.1, 0.15) is 10.8 Å². The first-order valence-electron chi connectivity index (χ1n) is 5.20. The Labute approximate surface area is 107 Å². The number of anilines is 1. The van der Waals surface area contributed by atoms with Crippen LogP contribution in [0.4, 0.5) is 10.1 Å². The standard InChI is InChI=1S/C11H11FN4OS/c1-7-2-3-8(4-9(7)12)14-10(17)6-18-11-5-13-16-15-11/h2-5H,6H2,1H3,(H,14,17)(H,13,15,16). The molecule has 7 heteroatoms. The van der Waals surface area contributed by atoms with Gasteiger partial charge in [-0.2, -0.15) is 10.3 Å². The van der Waals surface area contributed by atoms with Crippen LogP contribution in [0.2, 0.25) is 0 Å². The van der Waals surface area contributed by atoms with Crippen molar-refractivity contribution in [3.05, 3.63) is 35.8 Å². The lowest BCUT2D eigenvalue weighted by atomic mass is 10.2. The van der Waals surface area contributed by atoms with Gasteiger partial charge in [-0.25, -0.2) is 4.39 Å². The number of hydrogen-bond donors (Lipinski definition) is 2. The fraction of sp³-hybridized carbons (Fsp3) is 0.182. The summed E-state index contributed by atoms with van der Waals surface area (Å²) in [4.78, 5) is 11.6. The number of nitrogens with zero attached hydrogens (tertiary/aromatic N) is 2. The fourth-order valence-electron chi connectivity index (χ4n) is 1.27. The molecule has 5 nitrogen and oxygen atoms in total. The average Bonchev–Trinajstić information content (AvgIpc) is 2.84. The summed E-state index contributed by atoms with van der Waals surface area (Å²) >= 11 is 1.25. The van der Waals surface area contributed by atoms with Crippen molar-refractivity contribution >= 4 is 23.4 Å². The minimum absolute atomic E-state index is 0.196. The van der Waals surface area contributed by atoms with Crippen molar-refractivity contribution in [2.75, 3.05) is 11.1 Å². The van der Waals surface area contributed by atoms with Crippen molar-refractivity contribution in [2.45, 2.75) is 11.9 Å². The SMILES string of the molecule is Cc1ccc(NC(=O)CSc2cn[nH]n2)cc1F. The summed E-state index contributed by atoms with van der Waals surface area (Å²) in [5.41, 5.74) is 0.994. The first kappa shape index (κ1) is 12.6. The van der Waals surface area contributed by atoms with Crippen LogP contribution in [0.3, 0.4) is 0 Å². The second-order valence-corrected chi connectivity index (χ2v) is 4.60. The molecule has 1 heterocycles. The molecular formula is C11H11FN4OS. The van der Waals surface area contributed by atoms with E-state index in [9.17, 15) is 9.18 Å². The first-order valence-corrected chi connectivity index (χ1v) is 6.18. The monoisotopic (exact) mass is 266 g/mol. The maximum absolute atomic E-state index is 13.3. The van der Waals surface area contributed by atoms with Crippen LogP contribution >= 0.6 is 11.8 Å². The summed E-state index contributed by atoms with van der Waals surface area (Å²) in [5, 5.41) is 13.1. The normalized spacial score (nSPS) is 10.3. The molecule has 0 unspecified atom stereocenters. The highest BCUT2D eigenvalue weighted by atomic mass is 32.2. The van der Waals surface area contributed by atoms with Crippen LogP contribution in [0.5, 0.6) is 0 Å². The number of aromatic amines is 1. The van der Waals surface area contributed by atoms with Crippen molar-refractivity contribution in [1.82, 2.24) is 15.4 Å². The fourth-order valence-corrected chi connectivity index (χ4v) is 1.85. The van der Waals surface area contributed by atoms with E-state index >= 15 is 0 Å². The number of rotatable bonds is 4. The van der Waals surface area contributed by atoms with Crippen molar-refractivity contribution in [2.24, 2.45) is 0 Å². The molecule has 0 aliphatic carbocycles. The largest absolute Gasteiger partial charge is 0.325 e. The smallest absolute Gasteiger partial charge is 0.234 e. The van der Waals surface area contributed by atoms with Gasteiger partial charge in [0.15, 0.2) is 0 Å². The van der Waals surface area contributed by atoms with Gasteiger partial charge in [-0.15, -0.1) is 5.10 Å². The lowest BCUT2D eigenvalue weighted by Gasteiger charge is -2.05. The Morgan fingerprint density at radius 1 is 1.56 bits per heavy atom. The highest BCUT2D eigenvalue weighted by Gasteiger charge is 2.06. The van der Waals surface area contributed by atoms with Gasteiger partial charge in [0.25, 0.3) is 0 Å². The number of carbonyl (C=O) groups excluding carboxylic acids is 1. The van der Waals surface area contributed by atoms with Gasteiger partial charge in [0, 0.05) is 5.69 Å². The minimum atomic E-state index is -0.336. The Morgan fingerprint density at radius 2 is 2.39 bits per heavy atom. The van der Waals surface area contributed by atoms with E-state index in [4.69, 9.17) is 0 Å². The molecule has 0 saturated carbocycles. The Bertz CT molecular complexity index is 544. The van der Waals surface area contributed by atoms with Gasteiger partial charge in [-0.3, -0.25) is 4.79 Å². The van der Waals surface area contributed by atoms with E-state index in [0.717, 1.165) is 0 Å². The van der Waals surface area contributed by atoms with Crippen LogP contribution < -0.4 is 5.32 Å². The van der Waals surface area contributed by atoms with Gasteiger partial charge in [0.2, 0.25) is 5.91 Å². The third-order valence-electron chi connectivity index (χ3n) is 2.20. The topological polar surface area (TPSA) is 70.7 Å². The van der Waals surface area contributed by atoms with Crippen molar-refractivity contribution in [3.63, 3.8) is 0 Å². The van der Waals surface area contributed by atoms with Crippen LogP contribution in [-0.4, -0.2) is 27.1 Å². The molecule has 0 atom stereocenters. The average molecular weight is 266 g/mol. The lowest BCUT2D eigenvalue weighted by molar-refractivity contribution is -0.113. The summed E-state index contributed by atoms with van der Waals surface area (Å²) in [5.74, 6) is -0.356. The lowest BCUT2D eigenvalue weighted by Crippen LogP contribution is -2.14. The molecule has 0 aliphatic heterocycles. The number of aryl methyl sites for hydroxylation is 1. The molecule has 1 amide bonds. The summed E-state index contributed by atoms with van der Waals surface area (Å²) in [6.45, 7) is 1.67. The molecule has 0 bridgehead atoms. The van der Waals surface area contributed by atoms with Gasteiger partial charge in [-0.1, -0.05) is 17.8 Å². The predicted molar refractivity (Wildman–Crippen MR) is 66.9 cm³/mol. The van der Waals surface area contributed by atoms with Gasteiger partial charge < -0.3 is 5.32 Å². The van der Waals surface area contributed by atoms with E-state index < -0.39 is 0 Å². The molecule has 0 spiro atoms. The zero-order valence-corrected chi connectivity index (χ0v) is 10.4. The molecule has 2 aromatic rings. The third kappa shape index (κ3) is 3.30. The quantitative estimate of drug-likeness (QED) is 0.830. The van der Waals surface area contributed by atoms with Crippen molar-refractivity contribution < 1.29 is 9.18 Å². The molecule has 1 aromatic heterocycles. The van der Waals surface area contributed by atoms with E-state index in [2.05, 4.69) is 20.7 Å². The van der Waals surface area contributed by atoms with Gasteiger partial charge in [0.05, 0.1) is 11.9 Å². The first-order chi connectivity index (χ1) is 8.65. The zero-order valence-electron chi connectivity index (χ0n) is 9.61. The number of nitrogens with one attached hydrogen (secondary N) is 2. The van der Waals surface area contributed by atoms with Crippen LogP contribution in [0.1, 0.15) is 5.56 Å². The molecule has 2 N–H and O–H groups in total. The van der Waals surface area contributed by atoms with Crippen LogP contribution in [0, 0.1) is 12.7 Å². The van der Waals surface area contributed by atoms with Crippen molar-refractivity contribution in [3.8, 4) is 0 Å². The molecule has 1 aromatic carbocycles. The number of hydrogen-bond acceptors (Lipinski definition) is 4. The molecule has 0 aliphatic rings. The summed E-state index contributed by atoms with van der Waals surface area (Å²) in [6.07, 6.45) is 1.53. The van der Waals surface area contributed by atoms with Crippen molar-refractivity contribution in [1.29, 1.82) is 0 Å². The van der Waals surface area contributed by atoms with Crippen LogP contribution in [0.25, 0.3) is 0 Å². The van der Waals surface area contributed by atoms with Crippen LogP contribution in [-0.2, 0) is 4.79 Å². The van der Waals surface area contributed by atoms with Gasteiger partial charge in [-0.05, 0) is 24.6 Å². The summed E-state index contributed by atoms with van der Waals surface area (Å²) < 4.78 is 13.3. The van der Waals surface area contributed by atoms with E-state index in [0.29, 0.717) is 16.3 Å². The molecule has 94 valence electrons. The van der Waals surface area contributed by atoms with E-state index in [-0.39, 0.29) is 17.5 Å². The zero-order chi connectivity index (χ0) is 13.0. The molecule has 18 heavy (non-hydrogen) atoms. The highest BCUT2D eigenvalue weighted by Crippen LogP contribution is 2.16. The molecule has 0 radical (unpaired) electrons. The van der Waals surface area contributed by atoms with E-state index in [1.54, 1.807) is 19.1 Å². The molecule has 0 saturated heterocycles. The Balaban J connectivity index is 1.88. The van der Waals surface area contributed by atoms with Crippen LogP contribution in [0.15, 0.2) is 29.4 Å². The number of benzene rings is 1. The number of H-pyrrole nitrogens is 1. The Hall–Kier alpha value is -1.89. The number of thioether (sulfide) groups is 1. The van der Waals surface area contributed by atoms with E-state index in [1.807, 2.05) is 0 Å². The number of aromatic nitrogens is 3. The molecular weight excluding hydrogens is 255 g/mol. The summed E-state index contributed by atoms with van der Waals surface area (Å²) in [7, 11) is 0. The maximum Gasteiger partial charge on any atom is 0.234 e. The molecule has 2 rings (SSSR count). The number of amides is 1. The predicted octanol–water partition coefficient (Wildman–Crippen LogP) is 1.98. The maximum atomic E-state index is 13.3. The Morgan fingerprint density at radius 3 is 3.06 bits per heavy atom. The summed E-state index contributed by atoms with van der Waals surface area (Å²) in [6, 6.07) is 4.58. The van der Waals surface area contributed by atoms with Gasteiger partial charge >= 0.3 is 0 Å². The number of carbonyl (C=O) groups is 1. The second-order valence-electron chi connectivity index (χ2n) is 3.61. The second kappa shape index (κ2) is 5.63. The highest BCUT2D eigenvalue weighted by molar-refractivity contribution is 7.99. The Kier molecular flexibility index (Phi) is 3.93. The molecule has 0 fully saturated rings. The third-order valence-corrected chi connectivity index (χ3v) is 3.10.